The molecule has 0 aliphatic heterocycles. The van der Waals surface area contributed by atoms with Crippen LogP contribution in [0.4, 0.5) is 0 Å². The first kappa shape index (κ1) is 18.6. The molecule has 0 bridgehead atoms. The molecular weight excluding hydrogens is 205 g/mol. The minimum atomic E-state index is -3.79. The Hall–Kier alpha value is -0.140. The standard InChI is InChI=1S/C3H5NO.C3H6O3S.Na.H/c1-2-3(4)5;1-2-3-7(4,5)6;;/h2H,1H2,(H2,4,5);2H,1,3H2,(H,4,5,6);;/q;;+1;-1. The zero-order chi connectivity index (χ0) is 10.2. The number of primary amides is 1. The minimum Gasteiger partial charge on any atom is -1.00 e. The fourth-order valence-corrected chi connectivity index (χ4v) is 0.447. The molecule has 13 heavy (non-hydrogen) atoms. The summed E-state index contributed by atoms with van der Waals surface area (Å²) in [6.07, 6.45) is 2.18. The Labute approximate surface area is 101 Å². The van der Waals surface area contributed by atoms with Gasteiger partial charge in [0, 0.05) is 0 Å². The Bertz CT molecular complexity index is 265. The molecule has 0 radical (unpaired) electrons. The second-order valence-electron chi connectivity index (χ2n) is 1.64. The van der Waals surface area contributed by atoms with Gasteiger partial charge in [-0.25, -0.2) is 0 Å². The smallest absolute Gasteiger partial charge is 1.00 e. The van der Waals surface area contributed by atoms with Crippen LogP contribution in [0.2, 0.25) is 0 Å². The van der Waals surface area contributed by atoms with Gasteiger partial charge < -0.3 is 7.16 Å². The van der Waals surface area contributed by atoms with Crippen molar-refractivity contribution in [1.82, 2.24) is 0 Å². The van der Waals surface area contributed by atoms with Crippen molar-refractivity contribution >= 4 is 16.0 Å². The molecule has 0 aliphatic rings. The quantitative estimate of drug-likeness (QED) is 0.225. The van der Waals surface area contributed by atoms with Crippen LogP contribution in [0.15, 0.2) is 25.3 Å². The zero-order valence-electron chi connectivity index (χ0n) is 8.43. The van der Waals surface area contributed by atoms with E-state index >= 15 is 0 Å². The van der Waals surface area contributed by atoms with Crippen LogP contribution in [-0.2, 0) is 14.9 Å². The van der Waals surface area contributed by atoms with Gasteiger partial charge in [0.2, 0.25) is 5.91 Å². The van der Waals surface area contributed by atoms with Gasteiger partial charge in [0.25, 0.3) is 10.1 Å². The van der Waals surface area contributed by atoms with E-state index in [0.29, 0.717) is 0 Å². The first-order valence-electron chi connectivity index (χ1n) is 2.81. The molecule has 0 saturated heterocycles. The number of nitrogens with two attached hydrogens (primary N) is 1. The molecule has 1 amide bonds. The number of hydrogen-bond acceptors (Lipinski definition) is 3. The summed E-state index contributed by atoms with van der Waals surface area (Å²) in [5, 5.41) is 0. The van der Waals surface area contributed by atoms with E-state index in [2.05, 4.69) is 18.9 Å². The molecular formula is C6H12NNaO4S. The van der Waals surface area contributed by atoms with Crippen LogP contribution in [-0.4, -0.2) is 24.6 Å². The van der Waals surface area contributed by atoms with Crippen molar-refractivity contribution in [1.29, 1.82) is 0 Å². The molecule has 0 unspecified atom stereocenters. The van der Waals surface area contributed by atoms with Crippen LogP contribution in [0.5, 0.6) is 0 Å². The maximum Gasteiger partial charge on any atom is 1.00 e. The SMILES string of the molecule is C=CC(N)=O.C=CCS(=O)(=O)O.[H-].[Na+]. The van der Waals surface area contributed by atoms with Crippen LogP contribution in [0.25, 0.3) is 0 Å². The molecule has 0 aromatic rings. The maximum absolute atomic E-state index is 9.72. The molecule has 0 aliphatic carbocycles. The molecule has 0 heterocycles. The molecule has 0 aromatic heterocycles. The van der Waals surface area contributed by atoms with Gasteiger partial charge in [0.05, 0.1) is 5.75 Å². The van der Waals surface area contributed by atoms with E-state index in [1.165, 1.54) is 0 Å². The van der Waals surface area contributed by atoms with Gasteiger partial charge >= 0.3 is 29.6 Å². The summed E-state index contributed by atoms with van der Waals surface area (Å²) in [5.41, 5.74) is 4.53. The van der Waals surface area contributed by atoms with Crippen LogP contribution >= 0.6 is 0 Å². The molecule has 0 fully saturated rings. The van der Waals surface area contributed by atoms with Crippen LogP contribution in [0.1, 0.15) is 1.43 Å². The first-order chi connectivity index (χ1) is 5.33. The van der Waals surface area contributed by atoms with E-state index in [1.54, 1.807) is 0 Å². The number of carbonyl (C=O) groups excluding carboxylic acids is 1. The minimum absolute atomic E-state index is 0. The van der Waals surface area contributed by atoms with Gasteiger partial charge in [0.15, 0.2) is 0 Å². The normalized spacial score (nSPS) is 8.38. The molecule has 0 saturated carbocycles. The fraction of sp³-hybridized carbons (Fsp3) is 0.167. The van der Waals surface area contributed by atoms with Gasteiger partial charge in [-0.2, -0.15) is 8.42 Å². The van der Waals surface area contributed by atoms with Crippen LogP contribution in [0, 0.1) is 0 Å². The molecule has 0 rings (SSSR count). The van der Waals surface area contributed by atoms with Crippen molar-refractivity contribution in [3.63, 3.8) is 0 Å². The topological polar surface area (TPSA) is 97.5 Å². The monoisotopic (exact) mass is 217 g/mol. The van der Waals surface area contributed by atoms with Gasteiger partial charge in [-0.3, -0.25) is 9.35 Å². The summed E-state index contributed by atoms with van der Waals surface area (Å²) in [6, 6.07) is 0. The molecule has 72 valence electrons. The third kappa shape index (κ3) is 33.6. The van der Waals surface area contributed by atoms with Crippen LogP contribution in [0.3, 0.4) is 0 Å². The predicted octanol–water partition coefficient (Wildman–Crippen LogP) is -3.17. The molecule has 0 spiro atoms. The molecule has 3 N–H and O–H groups in total. The average molecular weight is 217 g/mol. The van der Waals surface area contributed by atoms with E-state index in [-0.39, 0.29) is 36.7 Å². The second-order valence-corrected chi connectivity index (χ2v) is 3.14. The van der Waals surface area contributed by atoms with E-state index < -0.39 is 16.0 Å². The summed E-state index contributed by atoms with van der Waals surface area (Å²) in [4.78, 5) is 9.47. The Morgan fingerprint density at radius 2 is 1.85 bits per heavy atom. The maximum atomic E-state index is 9.72. The summed E-state index contributed by atoms with van der Waals surface area (Å²) in [7, 11) is -3.79. The fourth-order valence-electron chi connectivity index (χ4n) is 0.149. The molecule has 5 nitrogen and oxygen atoms in total. The van der Waals surface area contributed by atoms with Gasteiger partial charge in [-0.1, -0.05) is 12.7 Å². The molecule has 0 aromatic carbocycles. The second kappa shape index (κ2) is 9.94. The van der Waals surface area contributed by atoms with Crippen molar-refractivity contribution in [3.8, 4) is 0 Å². The van der Waals surface area contributed by atoms with Crippen LogP contribution < -0.4 is 35.3 Å². The summed E-state index contributed by atoms with van der Waals surface area (Å²) < 4.78 is 27.3. The van der Waals surface area contributed by atoms with Crippen molar-refractivity contribution in [2.24, 2.45) is 5.73 Å². The Morgan fingerprint density at radius 1 is 1.54 bits per heavy atom. The first-order valence-corrected chi connectivity index (χ1v) is 4.42. The Morgan fingerprint density at radius 3 is 1.85 bits per heavy atom. The van der Waals surface area contributed by atoms with E-state index in [9.17, 15) is 13.2 Å². The molecule has 7 heteroatoms. The average Bonchev–Trinajstić information content (AvgIpc) is 1.86. The van der Waals surface area contributed by atoms with Gasteiger partial charge in [-0.15, -0.1) is 6.58 Å². The third-order valence-corrected chi connectivity index (χ3v) is 1.19. The zero-order valence-corrected chi connectivity index (χ0v) is 10.3. The van der Waals surface area contributed by atoms with E-state index in [4.69, 9.17) is 4.55 Å². The summed E-state index contributed by atoms with van der Waals surface area (Å²) in [5.74, 6) is -0.850. The predicted molar refractivity (Wildman–Crippen MR) is 47.1 cm³/mol. The van der Waals surface area contributed by atoms with Gasteiger partial charge in [-0.05, 0) is 6.08 Å². The van der Waals surface area contributed by atoms with Crippen molar-refractivity contribution in [2.75, 3.05) is 5.75 Å². The molecule has 0 atom stereocenters. The number of hydrogen-bond donors (Lipinski definition) is 2. The Balaban J connectivity index is -0.0000000651. The number of amides is 1. The summed E-state index contributed by atoms with van der Waals surface area (Å²) >= 11 is 0. The van der Waals surface area contributed by atoms with Crippen molar-refractivity contribution in [2.45, 2.75) is 0 Å². The number of carbonyl (C=O) groups is 1. The van der Waals surface area contributed by atoms with E-state index in [1.807, 2.05) is 0 Å². The number of rotatable bonds is 3. The summed E-state index contributed by atoms with van der Waals surface area (Å²) in [6.45, 7) is 6.19. The third-order valence-electron chi connectivity index (χ3n) is 0.530. The largest absolute Gasteiger partial charge is 1.00 e. The van der Waals surface area contributed by atoms with Crippen molar-refractivity contribution in [3.05, 3.63) is 25.3 Å². The van der Waals surface area contributed by atoms with E-state index in [0.717, 1.165) is 12.2 Å². The Kier molecular flexibility index (Phi) is 14.2. The van der Waals surface area contributed by atoms with Crippen molar-refractivity contribution < 1.29 is 48.7 Å². The van der Waals surface area contributed by atoms with Gasteiger partial charge in [0.1, 0.15) is 0 Å².